The zero-order valence-corrected chi connectivity index (χ0v) is 35.1. The molecule has 4 aromatic carbocycles. The van der Waals surface area contributed by atoms with Crippen LogP contribution in [-0.4, -0.2) is 84.2 Å². The first-order chi connectivity index (χ1) is 23.0. The predicted octanol–water partition coefficient (Wildman–Crippen LogP) is 0.635. The van der Waals surface area contributed by atoms with E-state index in [2.05, 4.69) is 82.8 Å². The highest BCUT2D eigenvalue weighted by Gasteiger charge is 2.42. The van der Waals surface area contributed by atoms with Gasteiger partial charge in [-0.15, -0.1) is 0 Å². The van der Waals surface area contributed by atoms with E-state index >= 15 is 0 Å². The van der Waals surface area contributed by atoms with Crippen LogP contribution < -0.4 is 76.4 Å². The van der Waals surface area contributed by atoms with E-state index in [9.17, 15) is 0 Å². The molecule has 0 amide bonds. The second-order valence-corrected chi connectivity index (χ2v) is 14.5. The summed E-state index contributed by atoms with van der Waals surface area (Å²) in [5, 5.41) is 0. The van der Waals surface area contributed by atoms with Gasteiger partial charge in [-0.2, -0.15) is 0 Å². The lowest BCUT2D eigenvalue weighted by Gasteiger charge is -2.44. The number of rotatable bonds is 4. The number of methoxy groups -OCH3 is 4. The van der Waals surface area contributed by atoms with E-state index in [1.54, 1.807) is 28.4 Å². The van der Waals surface area contributed by atoms with Crippen molar-refractivity contribution in [3.63, 3.8) is 0 Å². The molecule has 0 aromatic heterocycles. The Morgan fingerprint density at radius 3 is 1.80 bits per heavy atom. The second-order valence-electron chi connectivity index (χ2n) is 14.5. The summed E-state index contributed by atoms with van der Waals surface area (Å²) in [4.78, 5) is 0. The van der Waals surface area contributed by atoms with Gasteiger partial charge in [0.2, 0.25) is 5.75 Å². The molecule has 0 fully saturated rings. The van der Waals surface area contributed by atoms with Crippen LogP contribution >= 0.6 is 0 Å². The van der Waals surface area contributed by atoms with Gasteiger partial charge in [0, 0.05) is 31.2 Å². The molecule has 2 atom stereocenters. The van der Waals surface area contributed by atoms with Crippen LogP contribution in [0.4, 0.5) is 0 Å². The molecule has 4 aliphatic rings. The molecule has 0 saturated heterocycles. The van der Waals surface area contributed by atoms with Gasteiger partial charge in [0.15, 0.2) is 34.5 Å². The Hall–Kier alpha value is -2.98. The molecule has 0 radical (unpaired) electrons. The summed E-state index contributed by atoms with van der Waals surface area (Å²) in [5.41, 5.74) is 7.31. The molecule has 4 aromatic rings. The molecule has 6 bridgehead atoms. The number of halogens is 2. The van der Waals surface area contributed by atoms with E-state index in [4.69, 9.17) is 28.4 Å². The molecule has 4 aliphatic heterocycles. The number of hydrogen-bond acceptors (Lipinski definition) is 6. The summed E-state index contributed by atoms with van der Waals surface area (Å²) in [7, 11) is 16.0. The highest BCUT2D eigenvalue weighted by molar-refractivity contribution is 5.63. The third-order valence-electron chi connectivity index (χ3n) is 10.9. The van der Waals surface area contributed by atoms with Crippen molar-refractivity contribution < 1.29 is 90.8 Å². The molecular formula is C40H50I2N2O7. The maximum absolute atomic E-state index is 7.14. The fraction of sp³-hybridized carbons (Fsp3) is 0.400. The Morgan fingerprint density at radius 2 is 1.16 bits per heavy atom. The molecule has 4 heterocycles. The Kier molecular flexibility index (Phi) is 12.8. The largest absolute Gasteiger partial charge is 1.00 e. The molecule has 51 heavy (non-hydrogen) atoms. The number of quaternary nitrogens is 2. The number of hydrogen-bond donors (Lipinski definition) is 0. The van der Waals surface area contributed by atoms with Gasteiger partial charge in [-0.1, -0.05) is 18.2 Å². The van der Waals surface area contributed by atoms with Crippen molar-refractivity contribution in [2.45, 2.75) is 37.8 Å². The molecule has 0 saturated carbocycles. The normalized spacial score (nSPS) is 19.1. The zero-order valence-electron chi connectivity index (χ0n) is 30.8. The lowest BCUT2D eigenvalue weighted by atomic mass is 9.85. The van der Waals surface area contributed by atoms with Crippen LogP contribution in [0.5, 0.6) is 46.0 Å². The van der Waals surface area contributed by atoms with Gasteiger partial charge in [-0.25, -0.2) is 0 Å². The first-order valence-electron chi connectivity index (χ1n) is 16.8. The molecule has 8 rings (SSSR count). The van der Waals surface area contributed by atoms with E-state index in [1.165, 1.54) is 22.3 Å². The van der Waals surface area contributed by atoms with Crippen LogP contribution in [0.1, 0.15) is 45.5 Å². The van der Waals surface area contributed by atoms with Crippen molar-refractivity contribution in [1.82, 2.24) is 0 Å². The number of nitrogens with zero attached hydrogens (tertiary/aromatic N) is 2. The van der Waals surface area contributed by atoms with Gasteiger partial charge in [0.05, 0.1) is 75.3 Å². The summed E-state index contributed by atoms with van der Waals surface area (Å²) in [6.45, 7) is 2.00. The minimum atomic E-state index is 0. The Morgan fingerprint density at radius 1 is 0.588 bits per heavy atom. The van der Waals surface area contributed by atoms with E-state index in [0.717, 1.165) is 70.4 Å². The van der Waals surface area contributed by atoms with Crippen LogP contribution in [0.2, 0.25) is 0 Å². The Bertz CT molecular complexity index is 1860. The quantitative estimate of drug-likeness (QED) is 0.221. The van der Waals surface area contributed by atoms with Crippen molar-refractivity contribution in [3.05, 3.63) is 94.0 Å². The zero-order chi connectivity index (χ0) is 33.8. The van der Waals surface area contributed by atoms with Crippen LogP contribution in [0.25, 0.3) is 0 Å². The highest BCUT2D eigenvalue weighted by Crippen LogP contribution is 2.53. The van der Waals surface area contributed by atoms with Crippen molar-refractivity contribution in [1.29, 1.82) is 0 Å². The smallest absolute Gasteiger partial charge is 0.204 e. The maximum Gasteiger partial charge on any atom is 0.204 e. The Labute approximate surface area is 336 Å². The molecule has 276 valence electrons. The first kappa shape index (κ1) is 40.8. The third kappa shape index (κ3) is 7.59. The average molecular weight is 925 g/mol. The van der Waals surface area contributed by atoms with Crippen molar-refractivity contribution in [2.75, 3.05) is 69.7 Å². The molecule has 0 spiro atoms. The van der Waals surface area contributed by atoms with E-state index in [1.807, 2.05) is 6.07 Å². The van der Waals surface area contributed by atoms with Crippen molar-refractivity contribution in [3.8, 4) is 46.0 Å². The summed E-state index contributed by atoms with van der Waals surface area (Å²) >= 11 is 0. The second kappa shape index (κ2) is 15.9. The van der Waals surface area contributed by atoms with Gasteiger partial charge >= 0.3 is 0 Å². The highest BCUT2D eigenvalue weighted by atomic mass is 127. The molecule has 0 aliphatic carbocycles. The molecule has 9 nitrogen and oxygen atoms in total. The summed E-state index contributed by atoms with van der Waals surface area (Å²) in [6.07, 6.45) is 3.47. The number of fused-ring (bicyclic) bond motifs is 2. The SMILES string of the molecule is COc1ccc2cc1Oc1ccc(cc1)CC1c3cc(c(OC)cc3CC[N+]1(C)C)Oc1c(OC)c(OC)cc3c1C(C2)[N+](C)(C)CC3.O.[I-].[I-]. The monoisotopic (exact) mass is 924 g/mol. The molecule has 2 unspecified atom stereocenters. The minimum absolute atomic E-state index is 0. The van der Waals surface area contributed by atoms with Crippen molar-refractivity contribution >= 4 is 0 Å². The summed E-state index contributed by atoms with van der Waals surface area (Å²) in [6, 6.07) is 21.6. The van der Waals surface area contributed by atoms with E-state index in [0.29, 0.717) is 34.5 Å². The van der Waals surface area contributed by atoms with Gasteiger partial charge < -0.3 is 90.8 Å². The van der Waals surface area contributed by atoms with Crippen LogP contribution in [0, 0.1) is 0 Å². The van der Waals surface area contributed by atoms with Crippen LogP contribution in [0.15, 0.2) is 60.7 Å². The van der Waals surface area contributed by atoms with Crippen LogP contribution in [-0.2, 0) is 25.7 Å². The van der Waals surface area contributed by atoms with E-state index in [-0.39, 0.29) is 65.5 Å². The van der Waals surface area contributed by atoms with Gasteiger partial charge in [-0.3, -0.25) is 0 Å². The molecular weight excluding hydrogens is 874 g/mol. The minimum Gasteiger partial charge on any atom is -1.00 e. The van der Waals surface area contributed by atoms with Crippen LogP contribution in [0.3, 0.4) is 0 Å². The predicted molar refractivity (Wildman–Crippen MR) is 190 cm³/mol. The third-order valence-corrected chi connectivity index (χ3v) is 10.9. The standard InChI is InChI=1S/C40H48N2O6.2HI.H2O/c1-41(2)17-15-27-22-34(44-6)36-24-30(27)31(41)19-25-9-12-29(13-10-25)47-35-21-26(11-14-33(35)43-5)20-32-38-28(16-18-42(32,3)4)23-37(45-7)39(46-8)40(38)48-36;;;/h9-14,21-24,31-32H,15-20H2,1-8H3;2*1H;1H2/q+2;;;/p-2. The lowest BCUT2D eigenvalue weighted by Crippen LogP contribution is -3.00. The van der Waals surface area contributed by atoms with Gasteiger partial charge in [-0.05, 0) is 64.7 Å². The molecule has 11 heteroatoms. The maximum atomic E-state index is 7.14. The average Bonchev–Trinajstić information content (AvgIpc) is 3.07. The topological polar surface area (TPSA) is 86.9 Å². The number of ether oxygens (including phenoxy) is 6. The Balaban J connectivity index is 0.00000194. The number of likely N-dealkylation sites (N-methyl/N-ethyl adjacent to an activating group) is 2. The summed E-state index contributed by atoms with van der Waals surface area (Å²) in [5.74, 6) is 5.51. The number of benzene rings is 4. The molecule has 2 N–H and O–H groups in total. The fourth-order valence-corrected chi connectivity index (χ4v) is 7.95. The lowest BCUT2D eigenvalue weighted by molar-refractivity contribution is -0.923. The fourth-order valence-electron chi connectivity index (χ4n) is 7.95. The first-order valence-corrected chi connectivity index (χ1v) is 16.8. The van der Waals surface area contributed by atoms with E-state index < -0.39 is 0 Å². The van der Waals surface area contributed by atoms with Gasteiger partial charge in [0.25, 0.3) is 0 Å². The summed E-state index contributed by atoms with van der Waals surface area (Å²) < 4.78 is 39.1. The van der Waals surface area contributed by atoms with Crippen molar-refractivity contribution in [2.24, 2.45) is 0 Å². The van der Waals surface area contributed by atoms with Gasteiger partial charge in [0.1, 0.15) is 17.8 Å².